The van der Waals surface area contributed by atoms with E-state index in [9.17, 15) is 19.2 Å². The van der Waals surface area contributed by atoms with E-state index >= 15 is 0 Å². The van der Waals surface area contributed by atoms with Gasteiger partial charge in [-0.25, -0.2) is 0 Å². The van der Waals surface area contributed by atoms with Crippen molar-refractivity contribution < 1.29 is 19.2 Å². The topological polar surface area (TPSA) is 98.8 Å². The zero-order chi connectivity index (χ0) is 29.3. The van der Waals surface area contributed by atoms with Gasteiger partial charge in [0.2, 0.25) is 11.8 Å². The van der Waals surface area contributed by atoms with Crippen LogP contribution in [0.4, 0.5) is 11.4 Å². The van der Waals surface area contributed by atoms with Crippen LogP contribution in [0, 0.1) is 0 Å². The van der Waals surface area contributed by atoms with E-state index in [1.807, 2.05) is 0 Å². The third-order valence-corrected chi connectivity index (χ3v) is 8.79. The van der Waals surface area contributed by atoms with Crippen LogP contribution in [0.25, 0.3) is 0 Å². The Morgan fingerprint density at radius 2 is 0.881 bits per heavy atom. The Hall–Kier alpha value is -3.36. The normalized spacial score (nSPS) is 18.6. The fourth-order valence-corrected chi connectivity index (χ4v) is 6.35. The van der Waals surface area contributed by atoms with Gasteiger partial charge >= 0.3 is 0 Å². The molecule has 0 unspecified atom stereocenters. The van der Waals surface area contributed by atoms with Crippen molar-refractivity contribution in [1.82, 2.24) is 9.80 Å². The Labute approximate surface area is 249 Å². The number of nitrogens with zero attached hydrogens (tertiary/aromatic N) is 2. The molecular weight excluding hydrogens is 528 g/mol. The first-order valence-electron chi connectivity index (χ1n) is 15.9. The lowest BCUT2D eigenvalue weighted by Gasteiger charge is -2.24. The maximum absolute atomic E-state index is 13.5. The van der Waals surface area contributed by atoms with Crippen LogP contribution in [-0.2, 0) is 9.59 Å². The molecule has 0 saturated carbocycles. The molecule has 2 aromatic carbocycles. The van der Waals surface area contributed by atoms with Gasteiger partial charge < -0.3 is 20.4 Å². The van der Waals surface area contributed by atoms with Crippen LogP contribution < -0.4 is 10.6 Å². The van der Waals surface area contributed by atoms with Crippen molar-refractivity contribution in [3.8, 4) is 0 Å². The average Bonchev–Trinajstić information content (AvgIpc) is 2.95. The van der Waals surface area contributed by atoms with Crippen LogP contribution in [0.3, 0.4) is 0 Å². The Kier molecular flexibility index (Phi) is 10.5. The standard InChI is InChI=1S/C34H44N4O4/c39-31(15-21-37-17-7-3-1-4-8-18-37)35-25-11-13-27-29(23-25)34(42)30-24-26(12-14-28(30)33(27)41)36-32(40)16-22-38-19-9-5-2-6-10-20-38/h11-14,23-24H,1-10,15-22H2,(H,35,39)(H,36,40). The van der Waals surface area contributed by atoms with Gasteiger partial charge in [-0.1, -0.05) is 38.5 Å². The molecule has 0 atom stereocenters. The Bertz CT molecular complexity index is 1190. The molecule has 2 N–H and O–H groups in total. The molecule has 2 saturated heterocycles. The first-order chi connectivity index (χ1) is 20.5. The summed E-state index contributed by atoms with van der Waals surface area (Å²) in [5, 5.41) is 5.83. The van der Waals surface area contributed by atoms with Gasteiger partial charge in [-0.2, -0.15) is 0 Å². The van der Waals surface area contributed by atoms with Crippen LogP contribution in [0.15, 0.2) is 36.4 Å². The minimum Gasteiger partial charge on any atom is -0.326 e. The summed E-state index contributed by atoms with van der Waals surface area (Å²) in [6.07, 6.45) is 13.1. The average molecular weight is 573 g/mol. The number of ketones is 2. The van der Waals surface area contributed by atoms with E-state index in [4.69, 9.17) is 0 Å². The van der Waals surface area contributed by atoms with Gasteiger partial charge in [0.1, 0.15) is 0 Å². The van der Waals surface area contributed by atoms with Crippen molar-refractivity contribution in [3.63, 3.8) is 0 Å². The highest BCUT2D eigenvalue weighted by atomic mass is 16.2. The van der Waals surface area contributed by atoms with Crippen molar-refractivity contribution in [2.24, 2.45) is 0 Å². The third-order valence-electron chi connectivity index (χ3n) is 8.79. The molecule has 2 amide bonds. The number of carbonyl (C=O) groups excluding carboxylic acids is 4. The second-order valence-electron chi connectivity index (χ2n) is 12.0. The number of carbonyl (C=O) groups is 4. The van der Waals surface area contributed by atoms with Crippen LogP contribution in [-0.4, -0.2) is 72.4 Å². The van der Waals surface area contributed by atoms with Crippen LogP contribution >= 0.6 is 0 Å². The molecule has 5 rings (SSSR count). The molecule has 0 aromatic heterocycles. The van der Waals surface area contributed by atoms with E-state index in [0.29, 0.717) is 48.4 Å². The van der Waals surface area contributed by atoms with Gasteiger partial charge in [0.05, 0.1) is 0 Å². The molecule has 2 heterocycles. The summed E-state index contributed by atoms with van der Waals surface area (Å²) in [5.74, 6) is -0.724. The highest BCUT2D eigenvalue weighted by Gasteiger charge is 2.30. The summed E-state index contributed by atoms with van der Waals surface area (Å²) in [7, 11) is 0. The SMILES string of the molecule is O=C(CCN1CCCCCCC1)Nc1ccc2c(c1)C(=O)c1cc(NC(=O)CCN3CCCCCCC3)ccc1C2=O. The first kappa shape index (κ1) is 30.1. The molecule has 1 aliphatic carbocycles. The lowest BCUT2D eigenvalue weighted by Crippen LogP contribution is -2.31. The van der Waals surface area contributed by atoms with Gasteiger partial charge in [-0.05, 0) is 88.3 Å². The van der Waals surface area contributed by atoms with Crippen LogP contribution in [0.5, 0.6) is 0 Å². The fraction of sp³-hybridized carbons (Fsp3) is 0.529. The Balaban J connectivity index is 1.19. The van der Waals surface area contributed by atoms with Gasteiger partial charge in [-0.15, -0.1) is 0 Å². The van der Waals surface area contributed by atoms with E-state index < -0.39 is 0 Å². The van der Waals surface area contributed by atoms with E-state index in [-0.39, 0.29) is 34.5 Å². The molecule has 2 fully saturated rings. The maximum Gasteiger partial charge on any atom is 0.225 e. The highest BCUT2D eigenvalue weighted by Crippen LogP contribution is 2.31. The van der Waals surface area contributed by atoms with E-state index in [2.05, 4.69) is 20.4 Å². The van der Waals surface area contributed by atoms with Crippen molar-refractivity contribution in [2.45, 2.75) is 77.0 Å². The largest absolute Gasteiger partial charge is 0.326 e. The summed E-state index contributed by atoms with van der Waals surface area (Å²) in [6.45, 7) is 5.56. The molecule has 0 radical (unpaired) electrons. The number of likely N-dealkylation sites (tertiary alicyclic amines) is 2. The Morgan fingerprint density at radius 3 is 1.29 bits per heavy atom. The van der Waals surface area contributed by atoms with Crippen LogP contribution in [0.2, 0.25) is 0 Å². The molecule has 8 nitrogen and oxygen atoms in total. The molecule has 42 heavy (non-hydrogen) atoms. The summed E-state index contributed by atoms with van der Waals surface area (Å²) in [4.78, 5) is 56.9. The number of hydrogen-bond acceptors (Lipinski definition) is 6. The van der Waals surface area contributed by atoms with Gasteiger partial charge in [0, 0.05) is 59.6 Å². The molecule has 2 aliphatic heterocycles. The maximum atomic E-state index is 13.5. The number of nitrogens with one attached hydrogen (secondary N) is 2. The fourth-order valence-electron chi connectivity index (χ4n) is 6.35. The number of amides is 2. The molecule has 0 spiro atoms. The van der Waals surface area contributed by atoms with Crippen molar-refractivity contribution in [1.29, 1.82) is 0 Å². The Morgan fingerprint density at radius 1 is 0.524 bits per heavy atom. The number of benzene rings is 2. The smallest absolute Gasteiger partial charge is 0.225 e. The highest BCUT2D eigenvalue weighted by molar-refractivity contribution is 6.29. The first-order valence-corrected chi connectivity index (χ1v) is 15.9. The molecule has 0 bridgehead atoms. The van der Waals surface area contributed by atoms with E-state index in [1.165, 1.54) is 64.2 Å². The zero-order valence-electron chi connectivity index (χ0n) is 24.7. The summed E-state index contributed by atoms with van der Waals surface area (Å²) in [6, 6.07) is 9.80. The number of hydrogen-bond donors (Lipinski definition) is 2. The second-order valence-corrected chi connectivity index (χ2v) is 12.0. The van der Waals surface area contributed by atoms with Gasteiger partial charge in [0.25, 0.3) is 0 Å². The van der Waals surface area contributed by atoms with Crippen molar-refractivity contribution in [3.05, 3.63) is 58.7 Å². The lowest BCUT2D eigenvalue weighted by molar-refractivity contribution is -0.117. The predicted molar refractivity (Wildman–Crippen MR) is 165 cm³/mol. The van der Waals surface area contributed by atoms with Gasteiger partial charge in [0.15, 0.2) is 11.6 Å². The zero-order valence-corrected chi connectivity index (χ0v) is 24.7. The predicted octanol–water partition coefficient (Wildman–Crippen LogP) is 5.65. The summed E-state index contributed by atoms with van der Waals surface area (Å²) in [5.41, 5.74) is 2.21. The van der Waals surface area contributed by atoms with E-state index in [1.54, 1.807) is 36.4 Å². The monoisotopic (exact) mass is 572 g/mol. The number of anilines is 2. The second kappa shape index (κ2) is 14.7. The van der Waals surface area contributed by atoms with Crippen LogP contribution in [0.1, 0.15) is 109 Å². The molecule has 224 valence electrons. The molecule has 3 aliphatic rings. The molecular formula is C34H44N4O4. The molecule has 8 heteroatoms. The molecule has 2 aromatic rings. The lowest BCUT2D eigenvalue weighted by atomic mass is 9.83. The van der Waals surface area contributed by atoms with Crippen molar-refractivity contribution in [2.75, 3.05) is 49.9 Å². The van der Waals surface area contributed by atoms with Gasteiger partial charge in [-0.3, -0.25) is 19.2 Å². The number of fused-ring (bicyclic) bond motifs is 2. The summed E-state index contributed by atoms with van der Waals surface area (Å²) >= 11 is 0. The van der Waals surface area contributed by atoms with E-state index in [0.717, 1.165) is 26.2 Å². The quantitative estimate of drug-likeness (QED) is 0.362. The minimum atomic E-state index is -0.284. The minimum absolute atomic E-state index is 0.104. The van der Waals surface area contributed by atoms with Crippen molar-refractivity contribution >= 4 is 34.8 Å². The number of rotatable bonds is 8. The summed E-state index contributed by atoms with van der Waals surface area (Å²) < 4.78 is 0. The third kappa shape index (κ3) is 7.92.